The van der Waals surface area contributed by atoms with Gasteiger partial charge in [-0.2, -0.15) is 0 Å². The van der Waals surface area contributed by atoms with Crippen molar-refractivity contribution in [1.82, 2.24) is 9.97 Å². The molecule has 2 heterocycles. The number of benzene rings is 2. The Morgan fingerprint density at radius 3 is 2.37 bits per heavy atom. The van der Waals surface area contributed by atoms with Crippen LogP contribution < -0.4 is 15.1 Å². The molecule has 0 amide bonds. The SMILES string of the molecule is Cc1cccc(N2CCN(c3cc(Nc4ccc(F)cc4)ncn3)CC2)c1. The zero-order chi connectivity index (χ0) is 18.6. The van der Waals surface area contributed by atoms with Crippen LogP contribution in [0.25, 0.3) is 0 Å². The molecule has 1 N–H and O–H groups in total. The quantitative estimate of drug-likeness (QED) is 0.759. The molecule has 0 atom stereocenters. The van der Waals surface area contributed by atoms with Crippen molar-refractivity contribution in [2.45, 2.75) is 6.92 Å². The average Bonchev–Trinajstić information content (AvgIpc) is 2.70. The first kappa shape index (κ1) is 17.3. The Morgan fingerprint density at radius 1 is 0.889 bits per heavy atom. The third-order valence-electron chi connectivity index (χ3n) is 4.74. The van der Waals surface area contributed by atoms with E-state index < -0.39 is 0 Å². The summed E-state index contributed by atoms with van der Waals surface area (Å²) in [5.41, 5.74) is 3.35. The van der Waals surface area contributed by atoms with E-state index in [1.807, 2.05) is 6.07 Å². The van der Waals surface area contributed by atoms with Crippen LogP contribution in [0, 0.1) is 12.7 Å². The summed E-state index contributed by atoms with van der Waals surface area (Å²) in [6.07, 6.45) is 1.56. The molecular weight excluding hydrogens is 341 g/mol. The molecule has 0 saturated carbocycles. The first-order valence-corrected chi connectivity index (χ1v) is 9.08. The van der Waals surface area contributed by atoms with E-state index in [4.69, 9.17) is 0 Å². The van der Waals surface area contributed by atoms with Crippen LogP contribution in [0.5, 0.6) is 0 Å². The fourth-order valence-corrected chi connectivity index (χ4v) is 3.29. The molecule has 0 aliphatic carbocycles. The van der Waals surface area contributed by atoms with Crippen LogP contribution in [0.2, 0.25) is 0 Å². The first-order valence-electron chi connectivity index (χ1n) is 9.08. The molecule has 1 aliphatic rings. The monoisotopic (exact) mass is 363 g/mol. The highest BCUT2D eigenvalue weighted by molar-refractivity contribution is 5.59. The Kier molecular flexibility index (Phi) is 4.87. The number of halogens is 1. The molecule has 0 spiro atoms. The Hall–Kier alpha value is -3.15. The van der Waals surface area contributed by atoms with Gasteiger partial charge in [-0.25, -0.2) is 14.4 Å². The molecule has 3 aromatic rings. The number of aromatic nitrogens is 2. The van der Waals surface area contributed by atoms with Gasteiger partial charge in [0, 0.05) is 43.6 Å². The summed E-state index contributed by atoms with van der Waals surface area (Å²) < 4.78 is 13.0. The van der Waals surface area contributed by atoms with Gasteiger partial charge >= 0.3 is 0 Å². The zero-order valence-electron chi connectivity index (χ0n) is 15.3. The zero-order valence-corrected chi connectivity index (χ0v) is 15.3. The smallest absolute Gasteiger partial charge is 0.135 e. The first-order chi connectivity index (χ1) is 13.2. The van der Waals surface area contributed by atoms with E-state index >= 15 is 0 Å². The molecule has 6 heteroatoms. The van der Waals surface area contributed by atoms with Crippen LogP contribution in [0.4, 0.5) is 27.4 Å². The van der Waals surface area contributed by atoms with Gasteiger partial charge in [-0.1, -0.05) is 12.1 Å². The van der Waals surface area contributed by atoms with E-state index in [0.29, 0.717) is 5.82 Å². The minimum absolute atomic E-state index is 0.254. The summed E-state index contributed by atoms with van der Waals surface area (Å²) in [5, 5.41) is 3.20. The summed E-state index contributed by atoms with van der Waals surface area (Å²) in [7, 11) is 0. The molecule has 1 aromatic heterocycles. The molecular formula is C21H22FN5. The number of hydrogen-bond acceptors (Lipinski definition) is 5. The van der Waals surface area contributed by atoms with Crippen LogP contribution in [-0.4, -0.2) is 36.1 Å². The van der Waals surface area contributed by atoms with Gasteiger partial charge in [-0.05, 0) is 48.9 Å². The number of nitrogens with zero attached hydrogens (tertiary/aromatic N) is 4. The van der Waals surface area contributed by atoms with Gasteiger partial charge in [0.15, 0.2) is 0 Å². The van der Waals surface area contributed by atoms with Crippen LogP contribution in [0.15, 0.2) is 60.9 Å². The standard InChI is InChI=1S/C21H22FN5/c1-16-3-2-4-19(13-16)26-9-11-27(12-10-26)21-14-20(23-15-24-21)25-18-7-5-17(22)6-8-18/h2-8,13-15H,9-12H2,1H3,(H,23,24,25). The Bertz CT molecular complexity index is 904. The number of aryl methyl sites for hydroxylation is 1. The van der Waals surface area contributed by atoms with Crippen molar-refractivity contribution in [3.63, 3.8) is 0 Å². The minimum Gasteiger partial charge on any atom is -0.368 e. The summed E-state index contributed by atoms with van der Waals surface area (Å²) >= 11 is 0. The highest BCUT2D eigenvalue weighted by atomic mass is 19.1. The Morgan fingerprint density at radius 2 is 1.63 bits per heavy atom. The van der Waals surface area contributed by atoms with Gasteiger partial charge in [0.1, 0.15) is 23.8 Å². The van der Waals surface area contributed by atoms with Gasteiger partial charge in [0.05, 0.1) is 0 Å². The molecule has 1 aliphatic heterocycles. The van der Waals surface area contributed by atoms with E-state index in [1.165, 1.54) is 23.4 Å². The molecule has 2 aromatic carbocycles. The summed E-state index contributed by atoms with van der Waals surface area (Å²) in [6, 6.07) is 16.8. The molecule has 4 rings (SSSR count). The Labute approximate surface area is 158 Å². The Balaban J connectivity index is 1.42. The molecule has 0 radical (unpaired) electrons. The number of anilines is 4. The van der Waals surface area contributed by atoms with Crippen LogP contribution in [0.1, 0.15) is 5.56 Å². The fourth-order valence-electron chi connectivity index (χ4n) is 3.29. The van der Waals surface area contributed by atoms with Crippen molar-refractivity contribution >= 4 is 23.0 Å². The normalized spacial score (nSPS) is 14.3. The highest BCUT2D eigenvalue weighted by Gasteiger charge is 2.18. The number of nitrogens with one attached hydrogen (secondary N) is 1. The summed E-state index contributed by atoms with van der Waals surface area (Å²) in [6.45, 7) is 5.83. The third kappa shape index (κ3) is 4.16. The second kappa shape index (κ2) is 7.61. The van der Waals surface area contributed by atoms with Gasteiger partial charge in [0.25, 0.3) is 0 Å². The largest absolute Gasteiger partial charge is 0.368 e. The topological polar surface area (TPSA) is 44.3 Å². The molecule has 138 valence electrons. The number of hydrogen-bond donors (Lipinski definition) is 1. The summed E-state index contributed by atoms with van der Waals surface area (Å²) in [5.74, 6) is 1.35. The minimum atomic E-state index is -0.254. The van der Waals surface area contributed by atoms with Crippen molar-refractivity contribution in [2.24, 2.45) is 0 Å². The lowest BCUT2D eigenvalue weighted by atomic mass is 10.2. The number of rotatable bonds is 4. The van der Waals surface area contributed by atoms with E-state index in [9.17, 15) is 4.39 Å². The van der Waals surface area contributed by atoms with Gasteiger partial charge < -0.3 is 15.1 Å². The molecule has 0 unspecified atom stereocenters. The van der Waals surface area contributed by atoms with Gasteiger partial charge in [0.2, 0.25) is 0 Å². The lowest BCUT2D eigenvalue weighted by molar-refractivity contribution is 0.628. The maximum atomic E-state index is 13.0. The van der Waals surface area contributed by atoms with Crippen molar-refractivity contribution in [1.29, 1.82) is 0 Å². The predicted octanol–water partition coefficient (Wildman–Crippen LogP) is 3.99. The maximum Gasteiger partial charge on any atom is 0.135 e. The van der Waals surface area contributed by atoms with Crippen LogP contribution in [-0.2, 0) is 0 Å². The van der Waals surface area contributed by atoms with Crippen molar-refractivity contribution < 1.29 is 4.39 Å². The second-order valence-corrected chi connectivity index (χ2v) is 6.71. The van der Waals surface area contributed by atoms with Crippen molar-refractivity contribution in [2.75, 3.05) is 41.3 Å². The highest BCUT2D eigenvalue weighted by Crippen LogP contribution is 2.22. The molecule has 1 fully saturated rings. The molecule has 27 heavy (non-hydrogen) atoms. The van der Waals surface area contributed by atoms with E-state index in [2.05, 4.69) is 56.3 Å². The molecule has 1 saturated heterocycles. The molecule has 5 nitrogen and oxygen atoms in total. The third-order valence-corrected chi connectivity index (χ3v) is 4.74. The van der Waals surface area contributed by atoms with Crippen LogP contribution >= 0.6 is 0 Å². The van der Waals surface area contributed by atoms with Gasteiger partial charge in [-0.3, -0.25) is 0 Å². The van der Waals surface area contributed by atoms with E-state index in [0.717, 1.165) is 37.7 Å². The van der Waals surface area contributed by atoms with E-state index in [-0.39, 0.29) is 5.82 Å². The van der Waals surface area contributed by atoms with E-state index in [1.54, 1.807) is 18.5 Å². The van der Waals surface area contributed by atoms with Crippen molar-refractivity contribution in [3.8, 4) is 0 Å². The lowest BCUT2D eigenvalue weighted by Crippen LogP contribution is -2.46. The fraction of sp³-hybridized carbons (Fsp3) is 0.238. The van der Waals surface area contributed by atoms with Gasteiger partial charge in [-0.15, -0.1) is 0 Å². The average molecular weight is 363 g/mol. The lowest BCUT2D eigenvalue weighted by Gasteiger charge is -2.36. The molecule has 0 bridgehead atoms. The van der Waals surface area contributed by atoms with Crippen molar-refractivity contribution in [3.05, 3.63) is 72.3 Å². The maximum absolute atomic E-state index is 13.0. The number of piperazine rings is 1. The van der Waals surface area contributed by atoms with Crippen LogP contribution in [0.3, 0.4) is 0 Å². The summed E-state index contributed by atoms with van der Waals surface area (Å²) in [4.78, 5) is 13.4. The predicted molar refractivity (Wildman–Crippen MR) is 107 cm³/mol. The second-order valence-electron chi connectivity index (χ2n) is 6.71.